The topological polar surface area (TPSA) is 85.5 Å². The number of likely N-dealkylation sites (tertiary alicyclic amines) is 1. The number of ether oxygens (including phenoxy) is 1. The molecule has 1 aliphatic rings. The van der Waals surface area contributed by atoms with Crippen molar-refractivity contribution in [3.05, 3.63) is 48.0 Å². The second-order valence-corrected chi connectivity index (χ2v) is 6.65. The number of aryl methyl sites for hydroxylation is 1. The Morgan fingerprint density at radius 2 is 2.19 bits per heavy atom. The minimum Gasteiger partial charge on any atom is -0.480 e. The van der Waals surface area contributed by atoms with Crippen molar-refractivity contribution in [1.29, 1.82) is 0 Å². The van der Waals surface area contributed by atoms with Crippen LogP contribution < -0.4 is 4.74 Å². The second-order valence-electron chi connectivity index (χ2n) is 6.65. The standard InChI is InChI=1S/C19H22N6O2/c1-27-18-9-7-16-21-22-17(25(16)23-18)8-10-19(26)24-12-3-2-6-15(24)14-5-4-11-20-13-14/h4-5,7,9,11,13,15H,2-3,6,8,10,12H2,1H3/t15-/m1/s1. The SMILES string of the molecule is COc1ccc2nnc(CCC(=O)N3CCCC[C@@H]3c3cccnc3)n2n1. The van der Waals surface area contributed by atoms with Gasteiger partial charge in [-0.15, -0.1) is 15.3 Å². The van der Waals surface area contributed by atoms with Gasteiger partial charge in [0.2, 0.25) is 11.8 Å². The molecule has 8 heteroatoms. The van der Waals surface area contributed by atoms with Gasteiger partial charge in [0.15, 0.2) is 11.5 Å². The van der Waals surface area contributed by atoms with E-state index in [-0.39, 0.29) is 11.9 Å². The average molecular weight is 366 g/mol. The molecule has 0 saturated carbocycles. The monoisotopic (exact) mass is 366 g/mol. The van der Waals surface area contributed by atoms with Gasteiger partial charge in [0.25, 0.3) is 0 Å². The van der Waals surface area contributed by atoms with Crippen molar-refractivity contribution in [2.45, 2.75) is 38.1 Å². The van der Waals surface area contributed by atoms with Gasteiger partial charge in [-0.2, -0.15) is 4.52 Å². The van der Waals surface area contributed by atoms with E-state index in [2.05, 4.69) is 20.3 Å². The van der Waals surface area contributed by atoms with Crippen molar-refractivity contribution < 1.29 is 9.53 Å². The Labute approximate surface area is 157 Å². The number of piperidine rings is 1. The van der Waals surface area contributed by atoms with Crippen molar-refractivity contribution in [2.75, 3.05) is 13.7 Å². The molecule has 27 heavy (non-hydrogen) atoms. The first-order valence-electron chi connectivity index (χ1n) is 9.21. The zero-order chi connectivity index (χ0) is 18.6. The molecule has 0 unspecified atom stereocenters. The van der Waals surface area contributed by atoms with Gasteiger partial charge in [-0.05, 0) is 37.0 Å². The van der Waals surface area contributed by atoms with Crippen molar-refractivity contribution in [1.82, 2.24) is 29.7 Å². The summed E-state index contributed by atoms with van der Waals surface area (Å²) in [6, 6.07) is 7.62. The first-order chi connectivity index (χ1) is 13.3. The maximum atomic E-state index is 12.9. The zero-order valence-electron chi connectivity index (χ0n) is 15.3. The molecule has 1 amide bonds. The normalized spacial score (nSPS) is 17.2. The predicted molar refractivity (Wildman–Crippen MR) is 98.2 cm³/mol. The number of nitrogens with zero attached hydrogens (tertiary/aromatic N) is 6. The van der Waals surface area contributed by atoms with Crippen LogP contribution >= 0.6 is 0 Å². The number of methoxy groups -OCH3 is 1. The van der Waals surface area contributed by atoms with E-state index in [9.17, 15) is 4.79 Å². The van der Waals surface area contributed by atoms with Gasteiger partial charge in [0.05, 0.1) is 13.2 Å². The van der Waals surface area contributed by atoms with Gasteiger partial charge in [0, 0.05) is 37.8 Å². The highest BCUT2D eigenvalue weighted by molar-refractivity contribution is 5.77. The second kappa shape index (κ2) is 7.69. The van der Waals surface area contributed by atoms with Crippen LogP contribution in [0.2, 0.25) is 0 Å². The Kier molecular flexibility index (Phi) is 4.95. The average Bonchev–Trinajstić information content (AvgIpc) is 3.14. The number of hydrogen-bond acceptors (Lipinski definition) is 6. The van der Waals surface area contributed by atoms with Crippen LogP contribution in [0, 0.1) is 0 Å². The summed E-state index contributed by atoms with van der Waals surface area (Å²) in [5.41, 5.74) is 1.74. The fourth-order valence-corrected chi connectivity index (χ4v) is 3.59. The number of fused-ring (bicyclic) bond motifs is 1. The molecule has 3 aromatic heterocycles. The lowest BCUT2D eigenvalue weighted by Gasteiger charge is -2.36. The molecule has 0 aromatic carbocycles. The number of rotatable bonds is 5. The number of aromatic nitrogens is 5. The first-order valence-corrected chi connectivity index (χ1v) is 9.21. The molecule has 1 fully saturated rings. The Balaban J connectivity index is 1.48. The third-order valence-electron chi connectivity index (χ3n) is 4.97. The summed E-state index contributed by atoms with van der Waals surface area (Å²) in [5, 5.41) is 12.6. The van der Waals surface area contributed by atoms with Gasteiger partial charge < -0.3 is 9.64 Å². The highest BCUT2D eigenvalue weighted by atomic mass is 16.5. The largest absolute Gasteiger partial charge is 0.480 e. The smallest absolute Gasteiger partial charge is 0.231 e. The molecule has 3 aromatic rings. The summed E-state index contributed by atoms with van der Waals surface area (Å²) in [5.74, 6) is 1.28. The van der Waals surface area contributed by atoms with E-state index in [1.807, 2.05) is 23.2 Å². The van der Waals surface area contributed by atoms with Crippen LogP contribution in [0.15, 0.2) is 36.7 Å². The minimum absolute atomic E-state index is 0.105. The third kappa shape index (κ3) is 3.60. The van der Waals surface area contributed by atoms with Crippen LogP contribution in [0.4, 0.5) is 0 Å². The number of hydrogen-bond donors (Lipinski definition) is 0. The minimum atomic E-state index is 0.105. The molecule has 8 nitrogen and oxygen atoms in total. The van der Waals surface area contributed by atoms with Crippen LogP contribution in [-0.4, -0.2) is 49.3 Å². The van der Waals surface area contributed by atoms with E-state index in [4.69, 9.17) is 4.74 Å². The third-order valence-corrected chi connectivity index (χ3v) is 4.97. The lowest BCUT2D eigenvalue weighted by Crippen LogP contribution is -2.38. The van der Waals surface area contributed by atoms with Gasteiger partial charge in [-0.3, -0.25) is 9.78 Å². The van der Waals surface area contributed by atoms with Crippen molar-refractivity contribution in [3.63, 3.8) is 0 Å². The molecule has 0 aliphatic carbocycles. The Hall–Kier alpha value is -3.03. The van der Waals surface area contributed by atoms with Gasteiger partial charge in [0.1, 0.15) is 0 Å². The van der Waals surface area contributed by atoms with Crippen LogP contribution in [-0.2, 0) is 11.2 Å². The molecular weight excluding hydrogens is 344 g/mol. The van der Waals surface area contributed by atoms with E-state index in [0.717, 1.165) is 31.4 Å². The summed E-state index contributed by atoms with van der Waals surface area (Å²) in [6.45, 7) is 0.783. The summed E-state index contributed by atoms with van der Waals surface area (Å²) in [6.07, 6.45) is 7.61. The number of carbonyl (C=O) groups is 1. The Morgan fingerprint density at radius 1 is 1.26 bits per heavy atom. The highest BCUT2D eigenvalue weighted by Gasteiger charge is 2.28. The maximum Gasteiger partial charge on any atom is 0.231 e. The van der Waals surface area contributed by atoms with Gasteiger partial charge in [-0.1, -0.05) is 6.07 Å². The van der Waals surface area contributed by atoms with Crippen LogP contribution in [0.25, 0.3) is 5.65 Å². The summed E-state index contributed by atoms with van der Waals surface area (Å²) < 4.78 is 6.80. The van der Waals surface area contributed by atoms with E-state index in [0.29, 0.717) is 30.2 Å². The molecule has 4 rings (SSSR count). The first kappa shape index (κ1) is 17.4. The molecule has 0 radical (unpaired) electrons. The molecule has 1 atom stereocenters. The molecular formula is C19H22N6O2. The lowest BCUT2D eigenvalue weighted by molar-refractivity contribution is -0.135. The maximum absolute atomic E-state index is 12.9. The van der Waals surface area contributed by atoms with Crippen LogP contribution in [0.1, 0.15) is 43.1 Å². The molecule has 4 heterocycles. The molecule has 140 valence electrons. The fraction of sp³-hybridized carbons (Fsp3) is 0.421. The number of amides is 1. The van der Waals surface area contributed by atoms with Crippen LogP contribution in [0.3, 0.4) is 0 Å². The lowest BCUT2D eigenvalue weighted by atomic mass is 9.96. The summed E-state index contributed by atoms with van der Waals surface area (Å²) >= 11 is 0. The summed E-state index contributed by atoms with van der Waals surface area (Å²) in [4.78, 5) is 19.1. The molecule has 1 saturated heterocycles. The fourth-order valence-electron chi connectivity index (χ4n) is 3.59. The van der Waals surface area contributed by atoms with E-state index in [1.54, 1.807) is 30.0 Å². The van der Waals surface area contributed by atoms with Gasteiger partial charge >= 0.3 is 0 Å². The van der Waals surface area contributed by atoms with Crippen molar-refractivity contribution in [2.24, 2.45) is 0 Å². The Morgan fingerprint density at radius 3 is 3.00 bits per heavy atom. The van der Waals surface area contributed by atoms with E-state index in [1.165, 1.54) is 0 Å². The van der Waals surface area contributed by atoms with E-state index < -0.39 is 0 Å². The van der Waals surface area contributed by atoms with E-state index >= 15 is 0 Å². The highest BCUT2D eigenvalue weighted by Crippen LogP contribution is 2.31. The zero-order valence-corrected chi connectivity index (χ0v) is 15.3. The molecule has 1 aliphatic heterocycles. The summed E-state index contributed by atoms with van der Waals surface area (Å²) in [7, 11) is 1.57. The number of pyridine rings is 1. The predicted octanol–water partition coefficient (Wildman–Crippen LogP) is 2.21. The van der Waals surface area contributed by atoms with Crippen LogP contribution in [0.5, 0.6) is 5.88 Å². The quantitative estimate of drug-likeness (QED) is 0.688. The molecule has 0 bridgehead atoms. The van der Waals surface area contributed by atoms with Gasteiger partial charge in [-0.25, -0.2) is 0 Å². The molecule has 0 N–H and O–H groups in total. The van der Waals surface area contributed by atoms with Crippen molar-refractivity contribution in [3.8, 4) is 5.88 Å². The van der Waals surface area contributed by atoms with Crippen molar-refractivity contribution >= 4 is 11.6 Å². The number of carbonyl (C=O) groups excluding carboxylic acids is 1. The molecule has 0 spiro atoms. The Bertz CT molecular complexity index is 926.